The van der Waals surface area contributed by atoms with Crippen molar-refractivity contribution in [3.8, 4) is 11.8 Å². The number of fused-ring (bicyclic) bond motifs is 1. The largest absolute Gasteiger partial charge is 0.351 e. The second-order valence-electron chi connectivity index (χ2n) is 16.0. The van der Waals surface area contributed by atoms with Crippen LogP contribution in [0.3, 0.4) is 0 Å². The molecule has 4 aromatic rings. The SMILES string of the molecule is Cc1ccc(S(=O)(=O)N2CCC(Nc3ncc(C4CC4)cn3)CC2)cc1C#CC(C)(C)N1CCC(c2ccc3c(N4CCC(=O)NC4=O)nn(C)c3c2)CC1. The number of aromatic nitrogens is 4. The third-order valence-electron chi connectivity index (χ3n) is 11.8. The highest BCUT2D eigenvalue weighted by Crippen LogP contribution is 2.39. The molecule has 2 aromatic heterocycles. The molecule has 0 atom stereocenters. The van der Waals surface area contributed by atoms with Crippen LogP contribution in [-0.2, 0) is 21.9 Å². The highest BCUT2D eigenvalue weighted by Gasteiger charge is 2.33. The Morgan fingerprint density at radius 1 is 0.873 bits per heavy atom. The van der Waals surface area contributed by atoms with Crippen LogP contribution >= 0.6 is 0 Å². The molecule has 288 valence electrons. The van der Waals surface area contributed by atoms with Gasteiger partial charge in [-0.2, -0.15) is 9.40 Å². The van der Waals surface area contributed by atoms with Gasteiger partial charge in [-0.15, -0.1) is 0 Å². The van der Waals surface area contributed by atoms with Crippen LogP contribution in [0.2, 0.25) is 0 Å². The van der Waals surface area contributed by atoms with Crippen LogP contribution in [0.1, 0.15) is 92.9 Å². The normalized spacial score (nSPS) is 19.7. The van der Waals surface area contributed by atoms with Crippen molar-refractivity contribution in [3.63, 3.8) is 0 Å². The molecule has 5 heterocycles. The summed E-state index contributed by atoms with van der Waals surface area (Å²) in [5, 5.41) is 11.3. The van der Waals surface area contributed by atoms with Crippen molar-refractivity contribution in [1.29, 1.82) is 0 Å². The summed E-state index contributed by atoms with van der Waals surface area (Å²) in [7, 11) is -1.80. The van der Waals surface area contributed by atoms with Crippen molar-refractivity contribution in [1.82, 2.24) is 34.3 Å². The number of rotatable bonds is 8. The van der Waals surface area contributed by atoms with Crippen LogP contribution < -0.4 is 15.5 Å². The van der Waals surface area contributed by atoms with E-state index in [1.807, 2.05) is 38.5 Å². The number of hydrogen-bond donors (Lipinski definition) is 2. The number of amides is 3. The van der Waals surface area contributed by atoms with Gasteiger partial charge in [-0.05, 0) is 112 Å². The van der Waals surface area contributed by atoms with Gasteiger partial charge >= 0.3 is 6.03 Å². The van der Waals surface area contributed by atoms with E-state index in [0.717, 1.165) is 48.0 Å². The lowest BCUT2D eigenvalue weighted by Crippen LogP contribution is -2.49. The van der Waals surface area contributed by atoms with Crippen LogP contribution in [0.15, 0.2) is 53.7 Å². The van der Waals surface area contributed by atoms with E-state index in [1.54, 1.807) is 21.1 Å². The van der Waals surface area contributed by atoms with Crippen LogP contribution in [0.5, 0.6) is 0 Å². The van der Waals surface area contributed by atoms with Crippen molar-refractivity contribution < 1.29 is 18.0 Å². The van der Waals surface area contributed by atoms with Crippen molar-refractivity contribution >= 4 is 44.6 Å². The number of piperidine rings is 2. The van der Waals surface area contributed by atoms with Crippen molar-refractivity contribution in [2.75, 3.05) is 42.9 Å². The standard InChI is InChI=1S/C41H49N9O4S/c1-27-5-9-34(55(53,54)49-20-14-33(15-21-49)44-39-42-25-32(26-43-39)28-6-7-28)23-30(27)11-17-41(2,3)48-18-12-29(13-19-48)31-8-10-35-36(24-31)47(4)46-38(35)50-22-16-37(51)45-40(50)52/h5,8-10,23-26,28-29,33H,6-7,12-16,18-22H2,1-4H3,(H,42,43,44)(H,45,51,52). The maximum Gasteiger partial charge on any atom is 0.329 e. The Bertz CT molecular complexity index is 2290. The zero-order valence-electron chi connectivity index (χ0n) is 32.0. The van der Waals surface area contributed by atoms with E-state index < -0.39 is 21.6 Å². The van der Waals surface area contributed by atoms with Gasteiger partial charge in [-0.25, -0.2) is 23.2 Å². The highest BCUT2D eigenvalue weighted by atomic mass is 32.2. The van der Waals surface area contributed by atoms with Gasteiger partial charge in [0.25, 0.3) is 0 Å². The van der Waals surface area contributed by atoms with Gasteiger partial charge in [0.1, 0.15) is 0 Å². The smallest absolute Gasteiger partial charge is 0.329 e. The van der Waals surface area contributed by atoms with Crippen LogP contribution in [-0.4, -0.2) is 93.6 Å². The highest BCUT2D eigenvalue weighted by molar-refractivity contribution is 7.89. The second-order valence-corrected chi connectivity index (χ2v) is 17.9. The van der Waals surface area contributed by atoms with Gasteiger partial charge in [-0.1, -0.05) is 24.0 Å². The Morgan fingerprint density at radius 2 is 1.58 bits per heavy atom. The number of likely N-dealkylation sites (tertiary alicyclic amines) is 1. The number of benzene rings is 2. The van der Waals surface area contributed by atoms with Crippen molar-refractivity contribution in [2.24, 2.45) is 7.05 Å². The zero-order valence-corrected chi connectivity index (χ0v) is 32.8. The van der Waals surface area contributed by atoms with Crippen LogP contribution in [0.25, 0.3) is 10.9 Å². The topological polar surface area (TPSA) is 146 Å². The molecule has 1 saturated carbocycles. The predicted molar refractivity (Wildman–Crippen MR) is 211 cm³/mol. The fourth-order valence-electron chi connectivity index (χ4n) is 8.05. The quantitative estimate of drug-likeness (QED) is 0.229. The molecule has 4 fully saturated rings. The van der Waals surface area contributed by atoms with Gasteiger partial charge < -0.3 is 5.32 Å². The number of imide groups is 1. The lowest BCUT2D eigenvalue weighted by Gasteiger charge is -2.40. The molecule has 13 nitrogen and oxygen atoms in total. The number of nitrogens with one attached hydrogen (secondary N) is 2. The Hall–Kier alpha value is -4.84. The minimum Gasteiger partial charge on any atom is -0.351 e. The minimum atomic E-state index is -3.68. The first-order valence-electron chi connectivity index (χ1n) is 19.4. The van der Waals surface area contributed by atoms with Crippen molar-refractivity contribution in [3.05, 3.63) is 71.0 Å². The summed E-state index contributed by atoms with van der Waals surface area (Å²) in [5.41, 5.74) is 4.64. The van der Waals surface area contributed by atoms with E-state index in [2.05, 4.69) is 68.4 Å². The Morgan fingerprint density at radius 3 is 2.27 bits per heavy atom. The predicted octanol–water partition coefficient (Wildman–Crippen LogP) is 5.27. The number of sulfonamides is 1. The summed E-state index contributed by atoms with van der Waals surface area (Å²) in [6, 6.07) is 11.3. The Labute approximate surface area is 322 Å². The zero-order chi connectivity index (χ0) is 38.5. The first-order chi connectivity index (χ1) is 26.4. The van der Waals surface area contributed by atoms with E-state index in [9.17, 15) is 18.0 Å². The third kappa shape index (κ3) is 7.70. The molecule has 8 rings (SSSR count). The molecule has 2 aromatic carbocycles. The molecule has 3 saturated heterocycles. The number of nitrogens with zero attached hydrogens (tertiary/aromatic N) is 7. The summed E-state index contributed by atoms with van der Waals surface area (Å²) < 4.78 is 31.0. The van der Waals surface area contributed by atoms with E-state index in [4.69, 9.17) is 0 Å². The third-order valence-corrected chi connectivity index (χ3v) is 13.7. The van der Waals surface area contributed by atoms with E-state index in [1.165, 1.54) is 28.9 Å². The van der Waals surface area contributed by atoms with Gasteiger partial charge in [0.15, 0.2) is 5.82 Å². The molecular formula is C41H49N9O4S. The Kier molecular flexibility index (Phi) is 9.90. The fraction of sp³-hybridized carbons (Fsp3) is 0.488. The molecule has 1 aliphatic carbocycles. The number of carbonyl (C=O) groups is 2. The number of urea groups is 1. The molecule has 3 aliphatic heterocycles. The second kappa shape index (κ2) is 14.7. The summed E-state index contributed by atoms with van der Waals surface area (Å²) in [4.78, 5) is 37.4. The molecule has 4 aliphatic rings. The maximum atomic E-state index is 13.8. The number of anilines is 2. The molecule has 0 spiro atoms. The summed E-state index contributed by atoms with van der Waals surface area (Å²) in [6.07, 6.45) is 9.78. The molecule has 14 heteroatoms. The van der Waals surface area contributed by atoms with Crippen molar-refractivity contribution in [2.45, 2.75) is 94.0 Å². The molecule has 0 unspecified atom stereocenters. The van der Waals surface area contributed by atoms with E-state index >= 15 is 0 Å². The summed E-state index contributed by atoms with van der Waals surface area (Å²) in [5.74, 6) is 8.73. The molecule has 0 radical (unpaired) electrons. The number of carbonyl (C=O) groups excluding carboxylic acids is 2. The molecular weight excluding hydrogens is 715 g/mol. The van der Waals surface area contributed by atoms with Gasteiger partial charge in [0.2, 0.25) is 21.9 Å². The maximum absolute atomic E-state index is 13.8. The lowest BCUT2D eigenvalue weighted by molar-refractivity contribution is -0.120. The van der Waals surface area contributed by atoms with Gasteiger partial charge in [0.05, 0.1) is 16.0 Å². The molecule has 55 heavy (non-hydrogen) atoms. The number of hydrogen-bond acceptors (Lipinski definition) is 9. The van der Waals surface area contributed by atoms with E-state index in [0.29, 0.717) is 56.1 Å². The van der Waals surface area contributed by atoms with Crippen LogP contribution in [0, 0.1) is 18.8 Å². The number of aryl methyl sites for hydroxylation is 2. The Balaban J connectivity index is 0.886. The molecule has 2 N–H and O–H groups in total. The van der Waals surface area contributed by atoms with Crippen LogP contribution in [0.4, 0.5) is 16.6 Å². The first kappa shape index (κ1) is 37.1. The molecule has 3 amide bonds. The van der Waals surface area contributed by atoms with E-state index in [-0.39, 0.29) is 23.3 Å². The summed E-state index contributed by atoms with van der Waals surface area (Å²) >= 11 is 0. The fourth-order valence-corrected chi connectivity index (χ4v) is 9.55. The summed E-state index contributed by atoms with van der Waals surface area (Å²) in [6.45, 7) is 9.15. The van der Waals surface area contributed by atoms with Gasteiger partial charge in [0, 0.05) is 75.6 Å². The monoisotopic (exact) mass is 763 g/mol. The average molecular weight is 764 g/mol. The first-order valence-corrected chi connectivity index (χ1v) is 20.9. The average Bonchev–Trinajstić information content (AvgIpc) is 3.98. The van der Waals surface area contributed by atoms with Gasteiger partial charge in [-0.3, -0.25) is 24.6 Å². The molecule has 0 bridgehead atoms. The minimum absolute atomic E-state index is 0.119. The lowest BCUT2D eigenvalue weighted by atomic mass is 9.87.